The van der Waals surface area contributed by atoms with Gasteiger partial charge in [-0.15, -0.1) is 0 Å². The average Bonchev–Trinajstić information content (AvgIpc) is 3.36. The van der Waals surface area contributed by atoms with Crippen LogP contribution in [0.2, 0.25) is 0 Å². The molecule has 186 valence electrons. The first kappa shape index (κ1) is 24.2. The molecule has 1 fully saturated rings. The van der Waals surface area contributed by atoms with Gasteiger partial charge in [0.15, 0.2) is 5.78 Å². The molecule has 0 N–H and O–H groups in total. The number of nitrogens with zero attached hydrogens (tertiary/aromatic N) is 3. The van der Waals surface area contributed by atoms with E-state index in [9.17, 15) is 15.3 Å². The lowest BCUT2D eigenvalue weighted by atomic mass is 9.71. The Morgan fingerprint density at radius 2 is 1.26 bits per heavy atom. The summed E-state index contributed by atoms with van der Waals surface area (Å²) >= 11 is 0. The molecule has 4 nitrogen and oxygen atoms in total. The molecule has 39 heavy (non-hydrogen) atoms. The van der Waals surface area contributed by atoms with E-state index in [0.29, 0.717) is 11.1 Å². The number of carbonyl (C=O) groups excluding carboxylic acids is 1. The topological polar surface area (TPSA) is 67.9 Å². The van der Waals surface area contributed by atoms with E-state index in [1.54, 1.807) is 0 Å². The average molecular weight is 504 g/mol. The van der Waals surface area contributed by atoms with Gasteiger partial charge in [0, 0.05) is 23.6 Å². The maximum atomic E-state index is 14.4. The van der Waals surface area contributed by atoms with E-state index in [-0.39, 0.29) is 29.2 Å². The summed E-state index contributed by atoms with van der Waals surface area (Å²) in [6, 6.07) is 40.9. The first-order valence-corrected chi connectivity index (χ1v) is 13.0. The minimum atomic E-state index is -0.535. The Morgan fingerprint density at radius 3 is 1.90 bits per heavy atom. The largest absolute Gasteiger partial charge is 0.359 e. The Balaban J connectivity index is 1.67. The van der Waals surface area contributed by atoms with Gasteiger partial charge in [0.1, 0.15) is 17.7 Å². The number of fused-ring (bicyclic) bond motifs is 3. The van der Waals surface area contributed by atoms with Crippen LogP contribution in [0.3, 0.4) is 0 Å². The molecule has 0 unspecified atom stereocenters. The molecule has 4 aromatic carbocycles. The Labute approximate surface area is 228 Å². The molecule has 0 amide bonds. The van der Waals surface area contributed by atoms with Gasteiger partial charge in [-0.2, -0.15) is 10.5 Å². The quantitative estimate of drug-likeness (QED) is 0.214. The van der Waals surface area contributed by atoms with Gasteiger partial charge >= 0.3 is 0 Å². The highest BCUT2D eigenvalue weighted by molar-refractivity contribution is 6.02. The first-order chi connectivity index (χ1) is 19.2. The van der Waals surface area contributed by atoms with Crippen molar-refractivity contribution in [1.29, 1.82) is 10.5 Å². The fourth-order valence-electron chi connectivity index (χ4n) is 6.32. The third kappa shape index (κ3) is 4.13. The number of allylic oxidation sites excluding steroid dienone is 1. The van der Waals surface area contributed by atoms with Crippen LogP contribution in [0, 0.1) is 28.6 Å². The van der Waals surface area contributed by atoms with Crippen molar-refractivity contribution in [1.82, 2.24) is 4.90 Å². The predicted octanol–water partition coefficient (Wildman–Crippen LogP) is 7.18. The molecule has 0 aromatic heterocycles. The molecule has 2 aliphatic heterocycles. The van der Waals surface area contributed by atoms with Gasteiger partial charge in [-0.25, -0.2) is 0 Å². The summed E-state index contributed by atoms with van der Waals surface area (Å²) in [5.41, 5.74) is 5.37. The van der Waals surface area contributed by atoms with Gasteiger partial charge in [0.25, 0.3) is 0 Å². The lowest BCUT2D eigenvalue weighted by molar-refractivity contribution is 0.0874. The van der Waals surface area contributed by atoms with Crippen molar-refractivity contribution < 1.29 is 4.79 Å². The SMILES string of the molecule is N#CC(C#N)=C(c1ccccc1)[C@@H]1[C@H](c2ccccc2)[C@@H](C(=O)c2ccccc2)N2C=Cc3ccccc3[C@H]12. The van der Waals surface area contributed by atoms with Crippen molar-refractivity contribution in [3.63, 3.8) is 0 Å². The van der Waals surface area contributed by atoms with E-state index in [1.807, 2.05) is 97.2 Å². The van der Waals surface area contributed by atoms with Crippen molar-refractivity contribution in [2.45, 2.75) is 18.0 Å². The Kier molecular flexibility index (Phi) is 6.37. The third-order valence-corrected chi connectivity index (χ3v) is 7.87. The molecule has 2 aliphatic rings. The lowest BCUT2D eigenvalue weighted by Gasteiger charge is -2.35. The van der Waals surface area contributed by atoms with Gasteiger partial charge in [-0.3, -0.25) is 4.79 Å². The van der Waals surface area contributed by atoms with Crippen molar-refractivity contribution in [2.75, 3.05) is 0 Å². The third-order valence-electron chi connectivity index (χ3n) is 7.87. The second-order valence-electron chi connectivity index (χ2n) is 9.85. The van der Waals surface area contributed by atoms with Crippen LogP contribution in [0.1, 0.15) is 44.6 Å². The van der Waals surface area contributed by atoms with E-state index >= 15 is 0 Å². The van der Waals surface area contributed by atoms with Gasteiger partial charge < -0.3 is 4.90 Å². The Hall–Kier alpha value is -5.19. The fraction of sp³-hybridized carbons (Fsp3) is 0.114. The van der Waals surface area contributed by atoms with Crippen molar-refractivity contribution >= 4 is 17.4 Å². The molecule has 0 bridgehead atoms. The van der Waals surface area contributed by atoms with Crippen molar-refractivity contribution in [2.24, 2.45) is 5.92 Å². The maximum absolute atomic E-state index is 14.4. The second-order valence-corrected chi connectivity index (χ2v) is 9.85. The Bertz CT molecular complexity index is 1640. The summed E-state index contributed by atoms with van der Waals surface area (Å²) in [7, 11) is 0. The summed E-state index contributed by atoms with van der Waals surface area (Å²) in [4.78, 5) is 16.6. The lowest BCUT2D eigenvalue weighted by Crippen LogP contribution is -2.37. The molecule has 4 aromatic rings. The minimum Gasteiger partial charge on any atom is -0.359 e. The maximum Gasteiger partial charge on any atom is 0.185 e. The standard InChI is InChI=1S/C35H25N3O/c36-22-28(23-37)30(25-13-4-1-5-14-25)32-31(26-15-6-2-7-16-26)34(35(39)27-17-8-3-9-18-27)38-21-20-24-12-10-11-19-29(24)33(32)38/h1-21,31-34H/t31-,32+,33+,34-/m0/s1. The molecule has 0 spiro atoms. The first-order valence-electron chi connectivity index (χ1n) is 13.0. The van der Waals surface area contributed by atoms with E-state index in [4.69, 9.17) is 0 Å². The summed E-state index contributed by atoms with van der Waals surface area (Å²) in [5, 5.41) is 20.4. The van der Waals surface area contributed by atoms with E-state index in [1.165, 1.54) is 0 Å². The zero-order valence-corrected chi connectivity index (χ0v) is 21.2. The van der Waals surface area contributed by atoms with Crippen LogP contribution in [0.25, 0.3) is 11.6 Å². The van der Waals surface area contributed by atoms with Gasteiger partial charge in [-0.1, -0.05) is 115 Å². The van der Waals surface area contributed by atoms with Gasteiger partial charge in [-0.05, 0) is 33.9 Å². The number of rotatable bonds is 5. The molecule has 2 heterocycles. The van der Waals surface area contributed by atoms with Crippen molar-refractivity contribution in [3.05, 3.63) is 155 Å². The molecule has 1 saturated heterocycles. The van der Waals surface area contributed by atoms with Crippen LogP contribution in [0.15, 0.2) is 127 Å². The number of hydrogen-bond acceptors (Lipinski definition) is 4. The normalized spacial score (nSPS) is 20.7. The predicted molar refractivity (Wildman–Crippen MR) is 152 cm³/mol. The number of ketones is 1. The van der Waals surface area contributed by atoms with E-state index < -0.39 is 6.04 Å². The highest BCUT2D eigenvalue weighted by Crippen LogP contribution is 2.58. The molecular weight excluding hydrogens is 478 g/mol. The summed E-state index contributed by atoms with van der Waals surface area (Å²) in [5.74, 6) is -0.636. The molecule has 0 saturated carbocycles. The monoisotopic (exact) mass is 503 g/mol. The van der Waals surface area contributed by atoms with Crippen LogP contribution in [0.4, 0.5) is 0 Å². The highest BCUT2D eigenvalue weighted by Gasteiger charge is 2.54. The number of hydrogen-bond donors (Lipinski definition) is 0. The van der Waals surface area contributed by atoms with Crippen LogP contribution in [-0.4, -0.2) is 16.7 Å². The second kappa shape index (κ2) is 10.3. The molecular formula is C35H25N3O. The molecule has 4 heteroatoms. The van der Waals surface area contributed by atoms with Gasteiger partial charge in [0.2, 0.25) is 0 Å². The summed E-state index contributed by atoms with van der Waals surface area (Å²) in [6.07, 6.45) is 4.08. The van der Waals surface area contributed by atoms with Crippen LogP contribution < -0.4 is 0 Å². The minimum absolute atomic E-state index is 0.0175. The molecule has 4 atom stereocenters. The molecule has 6 rings (SSSR count). The Morgan fingerprint density at radius 1 is 0.692 bits per heavy atom. The van der Waals surface area contributed by atoms with E-state index in [2.05, 4.69) is 47.4 Å². The smallest absolute Gasteiger partial charge is 0.185 e. The number of Topliss-reactive ketones (excluding diaryl/α,β-unsaturated/α-hetero) is 1. The van der Waals surface area contributed by atoms with Crippen LogP contribution in [-0.2, 0) is 0 Å². The molecule has 0 radical (unpaired) electrons. The number of benzene rings is 4. The summed E-state index contributed by atoms with van der Waals surface area (Å²) < 4.78 is 0. The highest BCUT2D eigenvalue weighted by atomic mass is 16.1. The van der Waals surface area contributed by atoms with E-state index in [0.717, 1.165) is 22.3 Å². The number of carbonyl (C=O) groups is 1. The van der Waals surface area contributed by atoms with Crippen LogP contribution >= 0.6 is 0 Å². The molecule has 0 aliphatic carbocycles. The number of nitriles is 2. The zero-order chi connectivity index (χ0) is 26.8. The van der Waals surface area contributed by atoms with Gasteiger partial charge in [0.05, 0.1) is 12.1 Å². The van der Waals surface area contributed by atoms with Crippen LogP contribution in [0.5, 0.6) is 0 Å². The van der Waals surface area contributed by atoms with Crippen molar-refractivity contribution in [3.8, 4) is 12.1 Å². The fourth-order valence-corrected chi connectivity index (χ4v) is 6.32. The zero-order valence-electron chi connectivity index (χ0n) is 21.2. The summed E-state index contributed by atoms with van der Waals surface area (Å²) in [6.45, 7) is 0.